The lowest BCUT2D eigenvalue weighted by Gasteiger charge is -2.34. The van der Waals surface area contributed by atoms with Crippen LogP contribution >= 0.6 is 22.6 Å². The minimum atomic E-state index is -1.13. The molecule has 3 N–H and O–H groups in total. The molecule has 3 rings (SSSR count). The summed E-state index contributed by atoms with van der Waals surface area (Å²) in [6, 6.07) is 3.63. The summed E-state index contributed by atoms with van der Waals surface area (Å²) in [7, 11) is 0. The highest BCUT2D eigenvalue weighted by Crippen LogP contribution is 2.34. The predicted molar refractivity (Wildman–Crippen MR) is 115 cm³/mol. The maximum absolute atomic E-state index is 13.1. The maximum atomic E-state index is 13.1. The molecule has 1 aromatic rings. The van der Waals surface area contributed by atoms with E-state index < -0.39 is 41.0 Å². The molecule has 1 saturated heterocycles. The lowest BCUT2D eigenvalue weighted by Crippen LogP contribution is -2.54. The molecule has 0 aliphatic carbocycles. The maximum Gasteiger partial charge on any atom is 0.266 e. The Balaban J connectivity index is 1.82. The molecule has 2 unspecified atom stereocenters. The number of hydrogen-bond donors (Lipinski definition) is 2. The van der Waals surface area contributed by atoms with Gasteiger partial charge in [0.05, 0.1) is 16.7 Å². The molecule has 30 heavy (non-hydrogen) atoms. The van der Waals surface area contributed by atoms with Gasteiger partial charge in [0.1, 0.15) is 24.1 Å². The number of hydrogen-bond acceptors (Lipinski definition) is 7. The zero-order chi connectivity index (χ0) is 22.3. The fraction of sp³-hybridized carbons (Fsp3) is 0.500. The van der Waals surface area contributed by atoms with Crippen LogP contribution in [0, 0.1) is 0 Å². The van der Waals surface area contributed by atoms with Gasteiger partial charge in [-0.05, 0) is 39.3 Å². The quantitative estimate of drug-likeness (QED) is 0.236. The lowest BCUT2D eigenvalue weighted by atomic mass is 10.0. The van der Waals surface area contributed by atoms with Crippen molar-refractivity contribution in [2.45, 2.75) is 51.0 Å². The number of fused-ring (bicyclic) bond motifs is 1. The molecule has 2 aliphatic heterocycles. The van der Waals surface area contributed by atoms with E-state index in [0.717, 1.165) is 4.90 Å². The van der Waals surface area contributed by atoms with Crippen molar-refractivity contribution in [1.82, 2.24) is 10.2 Å². The van der Waals surface area contributed by atoms with E-state index in [1.807, 2.05) is 13.8 Å². The number of benzene rings is 1. The molecule has 1 fully saturated rings. The summed E-state index contributed by atoms with van der Waals surface area (Å²) in [4.78, 5) is 50.4. The molecule has 162 valence electrons. The first-order chi connectivity index (χ1) is 14.0. The van der Waals surface area contributed by atoms with Crippen molar-refractivity contribution >= 4 is 46.2 Å². The van der Waals surface area contributed by atoms with E-state index in [-0.39, 0.29) is 36.3 Å². The highest BCUT2D eigenvalue weighted by atomic mass is 127. The Morgan fingerprint density at radius 2 is 1.90 bits per heavy atom. The van der Waals surface area contributed by atoms with Gasteiger partial charge < -0.3 is 15.2 Å². The molecule has 0 bridgehead atoms. The number of rotatable bonds is 7. The number of ether oxygens (including phenoxy) is 2. The Morgan fingerprint density at radius 1 is 1.20 bits per heavy atom. The summed E-state index contributed by atoms with van der Waals surface area (Å²) < 4.78 is 12.4. The number of amides is 4. The Bertz CT molecular complexity index is 914. The second-order valence-electron chi connectivity index (χ2n) is 8.22. The molecule has 2 aliphatic rings. The zero-order valence-corrected chi connectivity index (χ0v) is 19.1. The first-order valence-electron chi connectivity index (χ1n) is 9.48. The van der Waals surface area contributed by atoms with Crippen LogP contribution in [0.2, 0.25) is 0 Å². The van der Waals surface area contributed by atoms with Gasteiger partial charge in [-0.3, -0.25) is 29.4 Å². The fourth-order valence-electron chi connectivity index (χ4n) is 3.51. The van der Waals surface area contributed by atoms with Crippen LogP contribution in [0.15, 0.2) is 18.2 Å². The van der Waals surface area contributed by atoms with Crippen molar-refractivity contribution in [2.24, 2.45) is 5.73 Å². The Morgan fingerprint density at radius 3 is 2.53 bits per heavy atom. The SMILES string of the molecule is CC(C)(CI)OC(C)(N)COc1cccc2c1C(=O)N(C1CCC(=O)NC1=O)C2=O. The van der Waals surface area contributed by atoms with Gasteiger partial charge in [-0.2, -0.15) is 0 Å². The van der Waals surface area contributed by atoms with Crippen molar-refractivity contribution < 1.29 is 28.7 Å². The zero-order valence-electron chi connectivity index (χ0n) is 17.0. The van der Waals surface area contributed by atoms with Crippen LogP contribution in [-0.2, 0) is 14.3 Å². The summed E-state index contributed by atoms with van der Waals surface area (Å²) in [5, 5.41) is 2.17. The summed E-state index contributed by atoms with van der Waals surface area (Å²) in [6.07, 6.45) is 0.148. The average Bonchev–Trinajstić information content (AvgIpc) is 2.91. The second kappa shape index (κ2) is 8.23. The molecule has 1 aromatic carbocycles. The summed E-state index contributed by atoms with van der Waals surface area (Å²) in [5.41, 5.74) is 4.83. The molecule has 0 aromatic heterocycles. The minimum absolute atomic E-state index is 0.0522. The highest BCUT2D eigenvalue weighted by Gasteiger charge is 2.46. The molecule has 10 heteroatoms. The van der Waals surface area contributed by atoms with Gasteiger partial charge in [0.15, 0.2) is 0 Å². The van der Waals surface area contributed by atoms with Gasteiger partial charge in [0, 0.05) is 10.8 Å². The minimum Gasteiger partial charge on any atom is -0.488 e. The number of piperidine rings is 1. The Hall–Kier alpha value is -2.05. The van der Waals surface area contributed by atoms with Gasteiger partial charge in [-0.1, -0.05) is 28.7 Å². The second-order valence-corrected chi connectivity index (χ2v) is 8.99. The van der Waals surface area contributed by atoms with Crippen molar-refractivity contribution in [3.63, 3.8) is 0 Å². The predicted octanol–water partition coefficient (Wildman–Crippen LogP) is 1.37. The van der Waals surface area contributed by atoms with Gasteiger partial charge in [-0.15, -0.1) is 0 Å². The highest BCUT2D eigenvalue weighted by molar-refractivity contribution is 14.1. The monoisotopic (exact) mass is 529 g/mol. The molecule has 0 spiro atoms. The fourth-order valence-corrected chi connectivity index (χ4v) is 3.67. The largest absolute Gasteiger partial charge is 0.488 e. The molecule has 4 amide bonds. The molecule has 0 radical (unpaired) electrons. The van der Waals surface area contributed by atoms with Crippen LogP contribution in [0.5, 0.6) is 5.75 Å². The van der Waals surface area contributed by atoms with Gasteiger partial charge in [0.2, 0.25) is 11.8 Å². The number of carbonyl (C=O) groups is 4. The normalized spacial score (nSPS) is 21.4. The number of nitrogens with one attached hydrogen (secondary N) is 1. The number of carbonyl (C=O) groups excluding carboxylic acids is 4. The third-order valence-electron chi connectivity index (χ3n) is 4.78. The first-order valence-corrected chi connectivity index (χ1v) is 11.0. The lowest BCUT2D eigenvalue weighted by molar-refractivity contribution is -0.136. The Kier molecular flexibility index (Phi) is 6.21. The molecule has 2 heterocycles. The van der Waals surface area contributed by atoms with Crippen LogP contribution in [0.1, 0.15) is 54.3 Å². The van der Waals surface area contributed by atoms with E-state index in [1.165, 1.54) is 6.07 Å². The molecular weight excluding hydrogens is 505 g/mol. The van der Waals surface area contributed by atoms with Crippen LogP contribution < -0.4 is 15.8 Å². The Labute approximate surface area is 187 Å². The van der Waals surface area contributed by atoms with Crippen molar-refractivity contribution in [3.8, 4) is 5.75 Å². The van der Waals surface area contributed by atoms with Crippen molar-refractivity contribution in [1.29, 1.82) is 0 Å². The van der Waals surface area contributed by atoms with E-state index >= 15 is 0 Å². The number of halogens is 1. The third kappa shape index (κ3) is 4.49. The van der Waals surface area contributed by atoms with E-state index in [2.05, 4.69) is 27.9 Å². The smallest absolute Gasteiger partial charge is 0.266 e. The van der Waals surface area contributed by atoms with E-state index in [0.29, 0.717) is 4.43 Å². The van der Waals surface area contributed by atoms with Crippen molar-refractivity contribution in [2.75, 3.05) is 11.0 Å². The number of imide groups is 2. The topological polar surface area (TPSA) is 128 Å². The molecule has 9 nitrogen and oxygen atoms in total. The number of alkyl halides is 1. The summed E-state index contributed by atoms with van der Waals surface area (Å²) >= 11 is 2.20. The van der Waals surface area contributed by atoms with Crippen LogP contribution in [-0.4, -0.2) is 56.9 Å². The van der Waals surface area contributed by atoms with Crippen LogP contribution in [0.4, 0.5) is 0 Å². The standard InChI is InChI=1S/C20H24IN3O6/c1-19(2,9-21)30-20(3,22)10-29-13-6-4-5-11-15(13)18(28)24(17(11)27)12-7-8-14(25)23-16(12)26/h4-6,12H,7-10,22H2,1-3H3,(H,23,25,26). The molecule has 2 atom stereocenters. The first kappa shape index (κ1) is 22.6. The van der Waals surface area contributed by atoms with Crippen LogP contribution in [0.3, 0.4) is 0 Å². The van der Waals surface area contributed by atoms with Gasteiger partial charge in [0.25, 0.3) is 11.8 Å². The van der Waals surface area contributed by atoms with Crippen LogP contribution in [0.25, 0.3) is 0 Å². The number of nitrogens with two attached hydrogens (primary N) is 1. The third-order valence-corrected chi connectivity index (χ3v) is 6.61. The molecule has 0 saturated carbocycles. The summed E-state index contributed by atoms with van der Waals surface area (Å²) in [6.45, 7) is 5.44. The molecular formula is C20H24IN3O6. The van der Waals surface area contributed by atoms with E-state index in [1.54, 1.807) is 19.1 Å². The van der Waals surface area contributed by atoms with Crippen molar-refractivity contribution in [3.05, 3.63) is 29.3 Å². The number of nitrogens with zero attached hydrogens (tertiary/aromatic N) is 1. The average molecular weight is 529 g/mol. The summed E-state index contributed by atoms with van der Waals surface area (Å²) in [5.74, 6) is -2.12. The van der Waals surface area contributed by atoms with E-state index in [9.17, 15) is 19.2 Å². The van der Waals surface area contributed by atoms with E-state index in [4.69, 9.17) is 15.2 Å². The van der Waals surface area contributed by atoms with Gasteiger partial charge >= 0.3 is 0 Å². The van der Waals surface area contributed by atoms with Gasteiger partial charge in [-0.25, -0.2) is 0 Å².